The fourth-order valence-corrected chi connectivity index (χ4v) is 3.17. The van der Waals surface area contributed by atoms with E-state index in [1.807, 2.05) is 6.07 Å². The molecule has 0 saturated carbocycles. The number of hydrogen-bond acceptors (Lipinski definition) is 3. The van der Waals surface area contributed by atoms with Crippen molar-refractivity contribution in [3.8, 4) is 0 Å². The first-order valence-electron chi connectivity index (χ1n) is 7.22. The normalized spacial score (nSPS) is 20.9. The van der Waals surface area contributed by atoms with Gasteiger partial charge in [0.05, 0.1) is 16.8 Å². The minimum Gasteiger partial charge on any atom is -0.353 e. The lowest BCUT2D eigenvalue weighted by Gasteiger charge is -2.26. The molecule has 1 aromatic rings. The Labute approximate surface area is 134 Å². The Morgan fingerprint density at radius 2 is 2.40 bits per heavy atom. The van der Waals surface area contributed by atoms with Crippen LogP contribution >= 0.6 is 27.5 Å². The number of rotatable bonds is 6. The van der Waals surface area contributed by atoms with E-state index in [2.05, 4.69) is 27.8 Å². The van der Waals surface area contributed by atoms with Gasteiger partial charge in [-0.1, -0.05) is 11.6 Å². The van der Waals surface area contributed by atoms with E-state index < -0.39 is 0 Å². The molecule has 0 spiro atoms. The third-order valence-corrected chi connectivity index (χ3v) is 4.32. The molecule has 2 rings (SSSR count). The Morgan fingerprint density at radius 3 is 3.10 bits per heavy atom. The fourth-order valence-electron chi connectivity index (χ4n) is 2.33. The first kappa shape index (κ1) is 16.2. The summed E-state index contributed by atoms with van der Waals surface area (Å²) >= 11 is 9.38. The van der Waals surface area contributed by atoms with Gasteiger partial charge in [0.25, 0.3) is 0 Å². The van der Waals surface area contributed by atoms with Crippen LogP contribution in [0.1, 0.15) is 44.7 Å². The van der Waals surface area contributed by atoms with Crippen LogP contribution in [0.15, 0.2) is 16.7 Å². The lowest BCUT2D eigenvalue weighted by atomic mass is 10.1. The number of ether oxygens (including phenoxy) is 2. The van der Waals surface area contributed by atoms with Gasteiger partial charge in [0.15, 0.2) is 6.29 Å². The second kappa shape index (κ2) is 8.32. The summed E-state index contributed by atoms with van der Waals surface area (Å²) in [4.78, 5) is 4.35. The smallest absolute Gasteiger partial charge is 0.157 e. The molecular formula is C15H21BrClNO2. The maximum Gasteiger partial charge on any atom is 0.157 e. The molecule has 0 bridgehead atoms. The number of aryl methyl sites for hydroxylation is 1. The van der Waals surface area contributed by atoms with E-state index in [0.29, 0.717) is 5.02 Å². The molecule has 2 atom stereocenters. The van der Waals surface area contributed by atoms with E-state index in [-0.39, 0.29) is 12.4 Å². The summed E-state index contributed by atoms with van der Waals surface area (Å²) in [5, 5.41) is 0.659. The summed E-state index contributed by atoms with van der Waals surface area (Å²) in [6.45, 7) is 2.95. The minimum absolute atomic E-state index is 0.000794. The molecule has 0 radical (unpaired) electrons. The molecule has 20 heavy (non-hydrogen) atoms. The van der Waals surface area contributed by atoms with Crippen LogP contribution in [-0.4, -0.2) is 24.0 Å². The van der Waals surface area contributed by atoms with Gasteiger partial charge in [-0.2, -0.15) is 0 Å². The van der Waals surface area contributed by atoms with Crippen LogP contribution in [0.3, 0.4) is 0 Å². The van der Waals surface area contributed by atoms with E-state index in [4.69, 9.17) is 21.1 Å². The van der Waals surface area contributed by atoms with Crippen LogP contribution in [-0.2, 0) is 15.9 Å². The zero-order valence-electron chi connectivity index (χ0n) is 11.8. The molecule has 3 nitrogen and oxygen atoms in total. The highest BCUT2D eigenvalue weighted by molar-refractivity contribution is 9.10. The van der Waals surface area contributed by atoms with Crippen molar-refractivity contribution >= 4 is 27.5 Å². The van der Waals surface area contributed by atoms with Gasteiger partial charge in [0, 0.05) is 17.3 Å². The molecule has 5 heteroatoms. The van der Waals surface area contributed by atoms with Gasteiger partial charge in [0.2, 0.25) is 0 Å². The van der Waals surface area contributed by atoms with E-state index in [1.54, 1.807) is 6.20 Å². The molecule has 1 aliphatic rings. The van der Waals surface area contributed by atoms with Gasteiger partial charge in [-0.3, -0.25) is 4.98 Å². The van der Waals surface area contributed by atoms with Crippen molar-refractivity contribution in [2.24, 2.45) is 0 Å². The predicted molar refractivity (Wildman–Crippen MR) is 84.0 cm³/mol. The second-order valence-corrected chi connectivity index (χ2v) is 6.51. The Kier molecular flexibility index (Phi) is 6.75. The summed E-state index contributed by atoms with van der Waals surface area (Å²) in [6, 6.07) is 1.89. The number of aromatic nitrogens is 1. The first-order chi connectivity index (χ1) is 9.65. The van der Waals surface area contributed by atoms with Crippen LogP contribution in [0.25, 0.3) is 0 Å². The molecule has 1 saturated heterocycles. The van der Waals surface area contributed by atoms with E-state index in [1.165, 1.54) is 6.42 Å². The maximum atomic E-state index is 5.90. The van der Waals surface area contributed by atoms with Gasteiger partial charge in [-0.15, -0.1) is 0 Å². The van der Waals surface area contributed by atoms with Gasteiger partial charge in [0.1, 0.15) is 0 Å². The fraction of sp³-hybridized carbons (Fsp3) is 0.667. The lowest BCUT2D eigenvalue weighted by molar-refractivity contribution is -0.185. The van der Waals surface area contributed by atoms with E-state index in [0.717, 1.165) is 48.9 Å². The molecule has 0 amide bonds. The third-order valence-electron chi connectivity index (χ3n) is 3.43. The van der Waals surface area contributed by atoms with Gasteiger partial charge >= 0.3 is 0 Å². The third kappa shape index (κ3) is 5.32. The maximum absolute atomic E-state index is 5.90. The summed E-state index contributed by atoms with van der Waals surface area (Å²) in [5.74, 6) is 0. The molecule has 0 aromatic carbocycles. The Bertz CT molecular complexity index is 424. The highest BCUT2D eigenvalue weighted by Gasteiger charge is 2.17. The molecule has 1 aliphatic heterocycles. The van der Waals surface area contributed by atoms with Crippen molar-refractivity contribution in [2.75, 3.05) is 6.61 Å². The monoisotopic (exact) mass is 361 g/mol. The Balaban J connectivity index is 1.69. The SMILES string of the molecule is CC(CCCc1ncc(Cl)cc1Br)O[C@H]1CCCCO1. The van der Waals surface area contributed by atoms with Crippen LogP contribution in [0.4, 0.5) is 0 Å². The molecule has 0 N–H and O–H groups in total. The van der Waals surface area contributed by atoms with Crippen molar-refractivity contribution < 1.29 is 9.47 Å². The van der Waals surface area contributed by atoms with Gasteiger partial charge in [-0.05, 0) is 67.4 Å². The summed E-state index contributed by atoms with van der Waals surface area (Å²) < 4.78 is 12.5. The van der Waals surface area contributed by atoms with Crippen LogP contribution < -0.4 is 0 Å². The van der Waals surface area contributed by atoms with Crippen molar-refractivity contribution in [3.05, 3.63) is 27.5 Å². The van der Waals surface area contributed by atoms with Gasteiger partial charge in [-0.25, -0.2) is 0 Å². The summed E-state index contributed by atoms with van der Waals surface area (Å²) in [5.41, 5.74) is 1.05. The highest BCUT2D eigenvalue weighted by atomic mass is 79.9. The zero-order valence-corrected chi connectivity index (χ0v) is 14.1. The molecule has 1 fully saturated rings. The first-order valence-corrected chi connectivity index (χ1v) is 8.39. The molecule has 1 aromatic heterocycles. The van der Waals surface area contributed by atoms with E-state index in [9.17, 15) is 0 Å². The molecule has 2 heterocycles. The number of nitrogens with zero attached hydrogens (tertiary/aromatic N) is 1. The van der Waals surface area contributed by atoms with Crippen LogP contribution in [0, 0.1) is 0 Å². The molecular weight excluding hydrogens is 342 g/mol. The largest absolute Gasteiger partial charge is 0.353 e. The number of hydrogen-bond donors (Lipinski definition) is 0. The van der Waals surface area contributed by atoms with Crippen molar-refractivity contribution in [1.29, 1.82) is 0 Å². The molecule has 1 unspecified atom stereocenters. The summed E-state index contributed by atoms with van der Waals surface area (Å²) in [7, 11) is 0. The number of pyridine rings is 1. The predicted octanol–water partition coefficient (Wildman–Crippen LogP) is 4.75. The summed E-state index contributed by atoms with van der Waals surface area (Å²) in [6.07, 6.45) is 8.29. The molecule has 112 valence electrons. The number of halogens is 2. The lowest BCUT2D eigenvalue weighted by Crippen LogP contribution is -2.26. The minimum atomic E-state index is -0.000794. The van der Waals surface area contributed by atoms with Crippen molar-refractivity contribution in [3.63, 3.8) is 0 Å². The average Bonchev–Trinajstić information content (AvgIpc) is 2.42. The standard InChI is InChI=1S/C15H21BrClNO2/c1-11(20-15-7-2-3-8-19-15)5-4-6-14-13(16)9-12(17)10-18-14/h9-11,15H,2-8H2,1H3/t11?,15-/m0/s1. The Hall–Kier alpha value is -0.160. The Morgan fingerprint density at radius 1 is 1.55 bits per heavy atom. The topological polar surface area (TPSA) is 31.4 Å². The van der Waals surface area contributed by atoms with Crippen molar-refractivity contribution in [1.82, 2.24) is 4.98 Å². The van der Waals surface area contributed by atoms with Crippen molar-refractivity contribution in [2.45, 2.75) is 57.8 Å². The van der Waals surface area contributed by atoms with Gasteiger partial charge < -0.3 is 9.47 Å². The van der Waals surface area contributed by atoms with Crippen LogP contribution in [0.2, 0.25) is 5.02 Å². The quantitative estimate of drug-likeness (QED) is 0.731. The van der Waals surface area contributed by atoms with Crippen LogP contribution in [0.5, 0.6) is 0 Å². The second-order valence-electron chi connectivity index (χ2n) is 5.22. The van der Waals surface area contributed by atoms with E-state index >= 15 is 0 Å². The average molecular weight is 363 g/mol. The zero-order chi connectivity index (χ0) is 14.4. The molecule has 0 aliphatic carbocycles. The highest BCUT2D eigenvalue weighted by Crippen LogP contribution is 2.22.